The minimum Gasteiger partial charge on any atom is -0.478 e. The van der Waals surface area contributed by atoms with E-state index in [1.54, 1.807) is 12.1 Å². The van der Waals surface area contributed by atoms with E-state index < -0.39 is 5.97 Å². The van der Waals surface area contributed by atoms with Gasteiger partial charge < -0.3 is 5.11 Å². The average Bonchev–Trinajstić information content (AvgIpc) is 3.10. The fourth-order valence-corrected chi connectivity index (χ4v) is 3.02. The van der Waals surface area contributed by atoms with Gasteiger partial charge in [0.25, 0.3) is 0 Å². The molecule has 0 aliphatic heterocycles. The second kappa shape index (κ2) is 6.62. The lowest BCUT2D eigenvalue weighted by Crippen LogP contribution is -2.02. The molecule has 0 spiro atoms. The molecule has 0 radical (unpaired) electrons. The number of aromatic nitrogens is 1. The summed E-state index contributed by atoms with van der Waals surface area (Å²) in [5, 5.41) is 10.7. The molecule has 0 aliphatic rings. The van der Waals surface area contributed by atoms with Gasteiger partial charge in [0, 0.05) is 23.2 Å². The van der Waals surface area contributed by atoms with Crippen molar-refractivity contribution in [1.82, 2.24) is 4.57 Å². The zero-order chi connectivity index (χ0) is 17.9. The minimum atomic E-state index is -0.982. The lowest BCUT2D eigenvalue weighted by Gasteiger charge is -2.08. The van der Waals surface area contributed by atoms with Crippen LogP contribution in [0.3, 0.4) is 0 Å². The molecule has 4 aromatic rings. The topological polar surface area (TPSA) is 42.2 Å². The van der Waals surface area contributed by atoms with E-state index in [0.717, 1.165) is 22.0 Å². The van der Waals surface area contributed by atoms with Crippen molar-refractivity contribution in [1.29, 1.82) is 0 Å². The third-order valence-electron chi connectivity index (χ3n) is 4.28. The first-order chi connectivity index (χ1) is 12.7. The number of nitrogens with zero attached hydrogens (tertiary/aromatic N) is 1. The first kappa shape index (κ1) is 15.7. The summed E-state index contributed by atoms with van der Waals surface area (Å²) in [6.45, 7) is 0. The average molecular weight is 337 g/mol. The van der Waals surface area contributed by atoms with Crippen LogP contribution in [0, 0.1) is 12.0 Å². The summed E-state index contributed by atoms with van der Waals surface area (Å²) in [6.07, 6.45) is 1.89. The molecule has 3 heteroatoms. The van der Waals surface area contributed by atoms with Crippen LogP contribution in [0.2, 0.25) is 0 Å². The number of carboxylic acid groups (broad SMARTS) is 1. The molecule has 0 saturated carbocycles. The summed E-state index contributed by atoms with van der Waals surface area (Å²) >= 11 is 0. The Kier molecular flexibility index (Phi) is 4.01. The van der Waals surface area contributed by atoms with E-state index in [4.69, 9.17) is 0 Å². The fraction of sp³-hybridized carbons (Fsp3) is 0. The van der Waals surface area contributed by atoms with E-state index in [0.29, 0.717) is 5.56 Å². The van der Waals surface area contributed by atoms with Crippen molar-refractivity contribution in [2.24, 2.45) is 0 Å². The number of rotatable bonds is 2. The number of fused-ring (bicyclic) bond motifs is 1. The highest BCUT2D eigenvalue weighted by Crippen LogP contribution is 2.26. The molecule has 0 bridgehead atoms. The monoisotopic (exact) mass is 337 g/mol. The van der Waals surface area contributed by atoms with Crippen LogP contribution < -0.4 is 0 Å². The molecule has 0 fully saturated rings. The second-order valence-corrected chi connectivity index (χ2v) is 5.88. The Morgan fingerprint density at radius 3 is 2.42 bits per heavy atom. The van der Waals surface area contributed by atoms with Gasteiger partial charge in [0.05, 0.1) is 11.1 Å². The van der Waals surface area contributed by atoms with Crippen LogP contribution in [-0.4, -0.2) is 15.6 Å². The zero-order valence-electron chi connectivity index (χ0n) is 13.9. The quantitative estimate of drug-likeness (QED) is 0.531. The number of para-hydroxylation sites is 1. The van der Waals surface area contributed by atoms with Gasteiger partial charge in [-0.2, -0.15) is 0 Å². The molecule has 0 aliphatic carbocycles. The largest absolute Gasteiger partial charge is 0.478 e. The van der Waals surface area contributed by atoms with Gasteiger partial charge in [-0.05, 0) is 35.2 Å². The number of carboxylic acids is 1. The lowest BCUT2D eigenvalue weighted by molar-refractivity contribution is 0.0696. The summed E-state index contributed by atoms with van der Waals surface area (Å²) < 4.78 is 1.82. The molecule has 1 heterocycles. The number of benzene rings is 3. The predicted molar refractivity (Wildman–Crippen MR) is 103 cm³/mol. The molecule has 1 aromatic heterocycles. The molecular formula is C23H15NO2. The highest BCUT2D eigenvalue weighted by molar-refractivity contribution is 5.94. The Labute approximate surface area is 151 Å². The van der Waals surface area contributed by atoms with Gasteiger partial charge in [0.15, 0.2) is 0 Å². The number of hydrogen-bond donors (Lipinski definition) is 1. The maximum atomic E-state index is 11.7. The van der Waals surface area contributed by atoms with Gasteiger partial charge in [0.2, 0.25) is 0 Å². The van der Waals surface area contributed by atoms with Gasteiger partial charge in [0.1, 0.15) is 0 Å². The molecule has 124 valence electrons. The summed E-state index contributed by atoms with van der Waals surface area (Å²) in [5.74, 6) is 2.11. The van der Waals surface area contributed by atoms with Crippen molar-refractivity contribution in [2.75, 3.05) is 0 Å². The number of carbonyl (C=O) groups is 1. The molecule has 3 nitrogen and oxygen atoms in total. The second-order valence-electron chi connectivity index (χ2n) is 5.88. The molecule has 0 atom stereocenters. The summed E-state index contributed by atoms with van der Waals surface area (Å²) in [7, 11) is 0. The van der Waals surface area contributed by atoms with Crippen LogP contribution in [0.5, 0.6) is 0 Å². The number of aromatic carboxylic acids is 1. The number of hydrogen-bond acceptors (Lipinski definition) is 1. The first-order valence-electron chi connectivity index (χ1n) is 8.24. The van der Waals surface area contributed by atoms with Crippen LogP contribution in [0.4, 0.5) is 0 Å². The van der Waals surface area contributed by atoms with E-state index in [1.165, 1.54) is 0 Å². The van der Waals surface area contributed by atoms with Crippen LogP contribution in [0.15, 0.2) is 85.1 Å². The summed E-state index contributed by atoms with van der Waals surface area (Å²) in [6, 6.07) is 28.0. The molecular weight excluding hydrogens is 322 g/mol. The minimum absolute atomic E-state index is 0.204. The van der Waals surface area contributed by atoms with E-state index in [-0.39, 0.29) is 5.56 Å². The van der Waals surface area contributed by atoms with E-state index in [9.17, 15) is 9.90 Å². The lowest BCUT2D eigenvalue weighted by atomic mass is 9.96. The SMILES string of the molecule is O=C(O)c1cccc(-c2ccccc2)c1C#Cn1ccc2ccccc21. The normalized spacial score (nSPS) is 10.3. The van der Waals surface area contributed by atoms with Gasteiger partial charge in [-0.25, -0.2) is 4.79 Å². The van der Waals surface area contributed by atoms with Crippen molar-refractivity contribution in [3.8, 4) is 23.1 Å². The van der Waals surface area contributed by atoms with Crippen molar-refractivity contribution in [3.63, 3.8) is 0 Å². The third-order valence-corrected chi connectivity index (χ3v) is 4.28. The Hall–Kier alpha value is -3.77. The van der Waals surface area contributed by atoms with Crippen LogP contribution in [-0.2, 0) is 0 Å². The van der Waals surface area contributed by atoms with Gasteiger partial charge >= 0.3 is 5.97 Å². The van der Waals surface area contributed by atoms with E-state index in [2.05, 4.69) is 12.0 Å². The molecule has 26 heavy (non-hydrogen) atoms. The van der Waals surface area contributed by atoms with Crippen molar-refractivity contribution in [2.45, 2.75) is 0 Å². The highest BCUT2D eigenvalue weighted by Gasteiger charge is 2.13. The zero-order valence-corrected chi connectivity index (χ0v) is 13.9. The Bertz CT molecular complexity index is 1160. The van der Waals surface area contributed by atoms with Crippen molar-refractivity contribution >= 4 is 16.9 Å². The summed E-state index contributed by atoms with van der Waals surface area (Å²) in [5.41, 5.74) is 3.47. The van der Waals surface area contributed by atoms with E-state index >= 15 is 0 Å². The van der Waals surface area contributed by atoms with Crippen molar-refractivity contribution in [3.05, 3.63) is 96.2 Å². The predicted octanol–water partition coefficient (Wildman–Crippen LogP) is 4.86. The standard InChI is InChI=1S/C23H15NO2/c25-23(26)21-11-6-10-19(17-7-2-1-3-8-17)20(21)14-16-24-15-13-18-9-4-5-12-22(18)24/h1-13,15H,(H,25,26). The Morgan fingerprint density at radius 2 is 1.62 bits per heavy atom. The fourth-order valence-electron chi connectivity index (χ4n) is 3.02. The maximum absolute atomic E-state index is 11.7. The van der Waals surface area contributed by atoms with Crippen LogP contribution in [0.25, 0.3) is 22.0 Å². The maximum Gasteiger partial charge on any atom is 0.336 e. The Morgan fingerprint density at radius 1 is 0.846 bits per heavy atom. The van der Waals surface area contributed by atoms with E-state index in [1.807, 2.05) is 77.5 Å². The smallest absolute Gasteiger partial charge is 0.336 e. The van der Waals surface area contributed by atoms with Gasteiger partial charge in [-0.15, -0.1) is 0 Å². The molecule has 3 aromatic carbocycles. The Balaban J connectivity index is 1.90. The molecule has 0 saturated heterocycles. The van der Waals surface area contributed by atoms with Gasteiger partial charge in [-0.1, -0.05) is 60.7 Å². The van der Waals surface area contributed by atoms with Gasteiger partial charge in [-0.3, -0.25) is 4.57 Å². The molecule has 0 amide bonds. The van der Waals surface area contributed by atoms with Crippen LogP contribution >= 0.6 is 0 Å². The first-order valence-corrected chi connectivity index (χ1v) is 8.24. The van der Waals surface area contributed by atoms with Crippen molar-refractivity contribution < 1.29 is 9.90 Å². The third kappa shape index (κ3) is 2.85. The summed E-state index contributed by atoms with van der Waals surface area (Å²) in [4.78, 5) is 11.7. The highest BCUT2D eigenvalue weighted by atomic mass is 16.4. The molecule has 4 rings (SSSR count). The van der Waals surface area contributed by atoms with Crippen LogP contribution in [0.1, 0.15) is 15.9 Å². The molecule has 0 unspecified atom stereocenters. The molecule has 1 N–H and O–H groups in total.